The van der Waals surface area contributed by atoms with Gasteiger partial charge in [0, 0.05) is 25.5 Å². The second-order valence-electron chi connectivity index (χ2n) is 13.3. The van der Waals surface area contributed by atoms with Crippen LogP contribution in [0.15, 0.2) is 23.3 Å². The normalized spacial score (nSPS) is 25.3. The van der Waals surface area contributed by atoms with Crippen LogP contribution in [0, 0.1) is 11.8 Å². The molecule has 3 atom stereocenters. The third kappa shape index (κ3) is 6.29. The number of allylic oxidation sites excluding steroid dienone is 3. The van der Waals surface area contributed by atoms with Crippen LogP contribution in [0.5, 0.6) is 0 Å². The van der Waals surface area contributed by atoms with Crippen LogP contribution < -0.4 is 0 Å². The van der Waals surface area contributed by atoms with Crippen LogP contribution in [0.1, 0.15) is 82.1 Å². The number of ether oxygens (including phenoxy) is 2. The van der Waals surface area contributed by atoms with Crippen LogP contribution in [-0.4, -0.2) is 74.2 Å². The maximum absolute atomic E-state index is 13.3. The zero-order valence-corrected chi connectivity index (χ0v) is 26.7. The molecule has 0 aliphatic carbocycles. The van der Waals surface area contributed by atoms with Crippen LogP contribution >= 0.6 is 0 Å². The van der Waals surface area contributed by atoms with E-state index in [2.05, 4.69) is 60.6 Å². The summed E-state index contributed by atoms with van der Waals surface area (Å²) in [4.78, 5) is 40.9. The summed E-state index contributed by atoms with van der Waals surface area (Å²) in [5.74, 6) is -0.0974. The first kappa shape index (κ1) is 31.4. The standard InChI is InChI=1S/C30H50N2O6Si/c1-19(2)39(20(3)4,21(5)6)38-16-22(7)12-11-13-23(8)25-15-31-26(17-36-28(31)34)24(25)14-27(33)32-29(35)37-18-30(32,9)10/h11,13,19-22,24,26H,12,14-18H2,1-10H3/b13-11+,25-23-/t22-,24+,26-/m1/s1. The summed E-state index contributed by atoms with van der Waals surface area (Å²) in [6, 6.07) is -0.199. The molecule has 3 rings (SSSR count). The molecule has 8 nitrogen and oxygen atoms in total. The third-order valence-corrected chi connectivity index (χ3v) is 15.1. The van der Waals surface area contributed by atoms with Gasteiger partial charge in [0.25, 0.3) is 0 Å². The zero-order chi connectivity index (χ0) is 29.3. The van der Waals surface area contributed by atoms with Crippen molar-refractivity contribution in [2.24, 2.45) is 11.8 Å². The Morgan fingerprint density at radius 3 is 2.21 bits per heavy atom. The second kappa shape index (κ2) is 12.2. The van der Waals surface area contributed by atoms with Crippen molar-refractivity contribution < 1.29 is 28.3 Å². The first-order valence-corrected chi connectivity index (χ1v) is 16.7. The van der Waals surface area contributed by atoms with Crippen molar-refractivity contribution in [3.63, 3.8) is 0 Å². The number of carbonyl (C=O) groups excluding carboxylic acids is 3. The molecule has 3 aliphatic rings. The minimum absolute atomic E-state index is 0.132. The fourth-order valence-corrected chi connectivity index (χ4v) is 12.5. The molecular weight excluding hydrogens is 512 g/mol. The minimum atomic E-state index is -1.90. The number of imide groups is 1. The van der Waals surface area contributed by atoms with Crippen molar-refractivity contribution in [1.82, 2.24) is 9.80 Å². The molecule has 3 saturated heterocycles. The molecule has 0 bridgehead atoms. The second-order valence-corrected chi connectivity index (χ2v) is 18.7. The summed E-state index contributed by atoms with van der Waals surface area (Å²) >= 11 is 0. The highest BCUT2D eigenvalue weighted by molar-refractivity contribution is 6.77. The fraction of sp³-hybridized carbons (Fsp3) is 0.767. The van der Waals surface area contributed by atoms with Crippen molar-refractivity contribution >= 4 is 26.4 Å². The number of fused-ring (bicyclic) bond motifs is 1. The molecule has 0 spiro atoms. The van der Waals surface area contributed by atoms with Crippen molar-refractivity contribution in [1.29, 1.82) is 0 Å². The Kier molecular flexibility index (Phi) is 9.79. The predicted molar refractivity (Wildman–Crippen MR) is 155 cm³/mol. The third-order valence-electron chi connectivity index (χ3n) is 8.98. The quantitative estimate of drug-likeness (QED) is 0.261. The molecule has 3 amide bonds. The maximum Gasteiger partial charge on any atom is 0.417 e. The lowest BCUT2D eigenvalue weighted by Gasteiger charge is -2.42. The molecule has 220 valence electrons. The molecule has 0 aromatic heterocycles. The molecule has 0 saturated carbocycles. The van der Waals surface area contributed by atoms with E-state index in [1.54, 1.807) is 4.90 Å². The number of amides is 3. The van der Waals surface area contributed by atoms with Crippen molar-refractivity contribution in [3.05, 3.63) is 23.3 Å². The first-order chi connectivity index (χ1) is 18.1. The maximum atomic E-state index is 13.3. The summed E-state index contributed by atoms with van der Waals surface area (Å²) in [5.41, 5.74) is 3.10. The van der Waals surface area contributed by atoms with E-state index in [-0.39, 0.29) is 43.6 Å². The average Bonchev–Trinajstić information content (AvgIpc) is 3.45. The van der Waals surface area contributed by atoms with Gasteiger partial charge in [0.1, 0.15) is 13.2 Å². The molecule has 0 radical (unpaired) electrons. The van der Waals surface area contributed by atoms with Gasteiger partial charge >= 0.3 is 12.2 Å². The van der Waals surface area contributed by atoms with Crippen molar-refractivity contribution in [3.8, 4) is 0 Å². The lowest BCUT2D eigenvalue weighted by molar-refractivity contribution is -0.131. The van der Waals surface area contributed by atoms with E-state index in [1.165, 1.54) is 4.90 Å². The average molecular weight is 563 g/mol. The Hall–Kier alpha value is -2.13. The van der Waals surface area contributed by atoms with E-state index < -0.39 is 19.9 Å². The Morgan fingerprint density at radius 2 is 1.67 bits per heavy atom. The van der Waals surface area contributed by atoms with Crippen LogP contribution in [0.2, 0.25) is 16.6 Å². The molecule has 0 aromatic carbocycles. The highest BCUT2D eigenvalue weighted by Gasteiger charge is 2.50. The van der Waals surface area contributed by atoms with Gasteiger partial charge in [-0.3, -0.25) is 9.69 Å². The van der Waals surface area contributed by atoms with Crippen LogP contribution in [-0.2, 0) is 18.7 Å². The molecule has 0 N–H and O–H groups in total. The van der Waals surface area contributed by atoms with Gasteiger partial charge in [0.15, 0.2) is 8.32 Å². The molecule has 39 heavy (non-hydrogen) atoms. The SMILES string of the molecule is CC(/C=C/C[C@@H](C)CO[Si](C(C)C)(C(C)C)C(C)C)=C1\CN2C(=O)OC[C@@H]2[C@H]1CC(=O)N1C(=O)OCC1(C)C. The van der Waals surface area contributed by atoms with E-state index in [9.17, 15) is 14.4 Å². The Bertz CT molecular complexity index is 980. The van der Waals surface area contributed by atoms with E-state index in [0.717, 1.165) is 24.2 Å². The van der Waals surface area contributed by atoms with Gasteiger partial charge in [-0.25, -0.2) is 14.5 Å². The van der Waals surface area contributed by atoms with Crippen molar-refractivity contribution in [2.75, 3.05) is 26.4 Å². The van der Waals surface area contributed by atoms with Gasteiger partial charge in [0.05, 0.1) is 11.6 Å². The zero-order valence-electron chi connectivity index (χ0n) is 25.7. The van der Waals surface area contributed by atoms with Gasteiger partial charge in [0.2, 0.25) is 5.91 Å². The topological polar surface area (TPSA) is 85.4 Å². The van der Waals surface area contributed by atoms with Crippen LogP contribution in [0.25, 0.3) is 0 Å². The van der Waals surface area contributed by atoms with Crippen molar-refractivity contribution in [2.45, 2.75) is 110 Å². The van der Waals surface area contributed by atoms with E-state index >= 15 is 0 Å². The van der Waals surface area contributed by atoms with Gasteiger partial charge in [-0.15, -0.1) is 0 Å². The Morgan fingerprint density at radius 1 is 1.05 bits per heavy atom. The molecule has 3 heterocycles. The van der Waals surface area contributed by atoms with Gasteiger partial charge < -0.3 is 13.9 Å². The summed E-state index contributed by atoms with van der Waals surface area (Å²) in [7, 11) is -1.90. The Balaban J connectivity index is 1.71. The number of hydrogen-bond acceptors (Lipinski definition) is 6. The highest BCUT2D eigenvalue weighted by atomic mass is 28.4. The molecular formula is C30H50N2O6Si. The van der Waals surface area contributed by atoms with E-state index in [1.807, 2.05) is 20.8 Å². The molecule has 3 fully saturated rings. The van der Waals surface area contributed by atoms with Gasteiger partial charge in [-0.05, 0) is 55.3 Å². The number of cyclic esters (lactones) is 2. The smallest absolute Gasteiger partial charge is 0.417 e. The predicted octanol–water partition coefficient (Wildman–Crippen LogP) is 6.68. The lowest BCUT2D eigenvalue weighted by Crippen LogP contribution is -2.48. The highest BCUT2D eigenvalue weighted by Crippen LogP contribution is 2.43. The van der Waals surface area contributed by atoms with Crippen LogP contribution in [0.4, 0.5) is 9.59 Å². The molecule has 0 unspecified atom stereocenters. The van der Waals surface area contributed by atoms with Gasteiger partial charge in [-0.1, -0.05) is 66.2 Å². The number of rotatable bonds is 11. The summed E-state index contributed by atoms with van der Waals surface area (Å²) < 4.78 is 17.2. The Labute approximate surface area is 236 Å². The molecule has 9 heteroatoms. The number of carbonyl (C=O) groups is 3. The summed E-state index contributed by atoms with van der Waals surface area (Å²) in [6.07, 6.45) is 4.37. The monoisotopic (exact) mass is 562 g/mol. The fourth-order valence-electron chi connectivity index (χ4n) is 6.96. The minimum Gasteiger partial charge on any atom is -0.447 e. The number of nitrogens with zero attached hydrogens (tertiary/aromatic N) is 2. The first-order valence-electron chi connectivity index (χ1n) is 14.6. The van der Waals surface area contributed by atoms with Crippen LogP contribution in [0.3, 0.4) is 0 Å². The lowest BCUT2D eigenvalue weighted by atomic mass is 9.88. The molecule has 0 aromatic rings. The van der Waals surface area contributed by atoms with E-state index in [0.29, 0.717) is 29.1 Å². The number of hydrogen-bond donors (Lipinski definition) is 0. The summed E-state index contributed by atoms with van der Waals surface area (Å²) in [5, 5.41) is 0. The van der Waals surface area contributed by atoms with E-state index in [4.69, 9.17) is 13.9 Å². The summed E-state index contributed by atoms with van der Waals surface area (Å²) in [6.45, 7) is 23.4. The molecule has 3 aliphatic heterocycles. The van der Waals surface area contributed by atoms with Gasteiger partial charge in [-0.2, -0.15) is 0 Å². The largest absolute Gasteiger partial charge is 0.447 e.